The molecule has 0 fully saturated rings. The van der Waals surface area contributed by atoms with Gasteiger partial charge < -0.3 is 0 Å². The van der Waals surface area contributed by atoms with Gasteiger partial charge in [0.25, 0.3) is 15.9 Å². The molecule has 3 aromatic rings. The molecule has 1 N–H and O–H groups in total. The lowest BCUT2D eigenvalue weighted by molar-refractivity contribution is -0.137. The normalized spacial score (nSPS) is 12.0. The van der Waals surface area contributed by atoms with Gasteiger partial charge >= 0.3 is 6.18 Å². The fraction of sp³-hybridized carbons (Fsp3) is 0.0909. The molecule has 0 spiro atoms. The van der Waals surface area contributed by atoms with Crippen molar-refractivity contribution in [2.24, 2.45) is 5.10 Å². The molecule has 1 amide bonds. The number of rotatable bonds is 7. The monoisotopic (exact) mass is 495 g/mol. The quantitative estimate of drug-likeness (QED) is 0.381. The van der Waals surface area contributed by atoms with Crippen molar-refractivity contribution in [3.63, 3.8) is 0 Å². The van der Waals surface area contributed by atoms with E-state index in [0.717, 1.165) is 16.6 Å². The number of nitrogens with zero attached hydrogens (tertiary/aromatic N) is 2. The average molecular weight is 496 g/mol. The lowest BCUT2D eigenvalue weighted by Gasteiger charge is -2.23. The van der Waals surface area contributed by atoms with Crippen molar-refractivity contribution in [3.8, 4) is 0 Å². The van der Waals surface area contributed by atoms with Crippen molar-refractivity contribution in [2.45, 2.75) is 11.1 Å². The molecule has 0 bridgehead atoms. The van der Waals surface area contributed by atoms with Gasteiger partial charge in [0.2, 0.25) is 0 Å². The van der Waals surface area contributed by atoms with Crippen molar-refractivity contribution in [2.75, 3.05) is 10.8 Å². The van der Waals surface area contributed by atoms with E-state index < -0.39 is 34.2 Å². The number of amides is 1. The van der Waals surface area contributed by atoms with Crippen molar-refractivity contribution >= 4 is 39.4 Å². The first kappa shape index (κ1) is 24.3. The molecule has 0 aromatic heterocycles. The summed E-state index contributed by atoms with van der Waals surface area (Å²) in [5, 5.41) is 3.93. The second-order valence-corrected chi connectivity index (χ2v) is 8.98. The molecule has 3 rings (SSSR count). The predicted molar refractivity (Wildman–Crippen MR) is 120 cm³/mol. The summed E-state index contributed by atoms with van der Waals surface area (Å²) >= 11 is 5.88. The number of hydrogen-bond donors (Lipinski definition) is 1. The van der Waals surface area contributed by atoms with Crippen molar-refractivity contribution in [1.82, 2.24) is 5.43 Å². The van der Waals surface area contributed by atoms with Crippen molar-refractivity contribution in [3.05, 3.63) is 95.0 Å². The number of alkyl halides is 3. The molecule has 172 valence electrons. The zero-order chi connectivity index (χ0) is 24.1. The Labute approximate surface area is 193 Å². The second-order valence-electron chi connectivity index (χ2n) is 6.68. The van der Waals surface area contributed by atoms with E-state index in [1.807, 2.05) is 0 Å². The van der Waals surface area contributed by atoms with Crippen LogP contribution in [0.25, 0.3) is 0 Å². The summed E-state index contributed by atoms with van der Waals surface area (Å²) in [5.41, 5.74) is 1.08. The minimum absolute atomic E-state index is 0.0460. The summed E-state index contributed by atoms with van der Waals surface area (Å²) in [5.74, 6) is -0.856. The number of carbonyl (C=O) groups excluding carboxylic acids is 1. The van der Waals surface area contributed by atoms with Gasteiger partial charge in [0.15, 0.2) is 0 Å². The highest BCUT2D eigenvalue weighted by molar-refractivity contribution is 7.92. The van der Waals surface area contributed by atoms with Crippen LogP contribution in [0.15, 0.2) is 88.9 Å². The first-order valence-electron chi connectivity index (χ1n) is 9.40. The molecule has 0 radical (unpaired) electrons. The van der Waals surface area contributed by atoms with Gasteiger partial charge in [0.05, 0.1) is 22.4 Å². The van der Waals surface area contributed by atoms with E-state index >= 15 is 0 Å². The van der Waals surface area contributed by atoms with Gasteiger partial charge in [-0.3, -0.25) is 9.10 Å². The second kappa shape index (κ2) is 10.1. The van der Waals surface area contributed by atoms with Gasteiger partial charge in [0, 0.05) is 10.6 Å². The molecule has 3 aromatic carbocycles. The number of benzene rings is 3. The molecule has 0 aliphatic rings. The number of anilines is 1. The molecule has 0 atom stereocenters. The molecule has 6 nitrogen and oxygen atoms in total. The number of halogens is 4. The molecule has 11 heteroatoms. The number of sulfonamides is 1. The van der Waals surface area contributed by atoms with Crippen LogP contribution in [-0.2, 0) is 21.0 Å². The molecular weight excluding hydrogens is 479 g/mol. The summed E-state index contributed by atoms with van der Waals surface area (Å²) < 4.78 is 66.4. The highest BCUT2D eigenvalue weighted by atomic mass is 35.5. The molecule has 0 heterocycles. The Morgan fingerprint density at radius 1 is 0.970 bits per heavy atom. The Morgan fingerprint density at radius 2 is 1.58 bits per heavy atom. The molecule has 33 heavy (non-hydrogen) atoms. The Bertz CT molecular complexity index is 1250. The Balaban J connectivity index is 1.83. The van der Waals surface area contributed by atoms with Crippen LogP contribution in [0, 0.1) is 0 Å². The van der Waals surface area contributed by atoms with Gasteiger partial charge in [-0.25, -0.2) is 13.8 Å². The number of hydrogen-bond acceptors (Lipinski definition) is 4. The standard InChI is InChI=1S/C22H17ClF3N3O3S/c23-17-10-12-18(13-11-17)29(33(31,32)19-7-2-1-3-8-19)15-21(30)28-27-14-16-6-4-5-9-20(16)22(24,25)26/h1-14H,15H2,(H,28,30)/b27-14-. The minimum atomic E-state index is -4.60. The third kappa shape index (κ3) is 6.11. The van der Waals surface area contributed by atoms with Crippen LogP contribution in [0.5, 0.6) is 0 Å². The summed E-state index contributed by atoms with van der Waals surface area (Å²) in [6, 6.07) is 18.0. The Morgan fingerprint density at radius 3 is 2.21 bits per heavy atom. The van der Waals surface area contributed by atoms with Gasteiger partial charge in [-0.2, -0.15) is 18.3 Å². The maximum atomic E-state index is 13.2. The van der Waals surface area contributed by atoms with Crippen LogP contribution in [0.2, 0.25) is 5.02 Å². The van der Waals surface area contributed by atoms with Crippen LogP contribution >= 0.6 is 11.6 Å². The van der Waals surface area contributed by atoms with Crippen molar-refractivity contribution < 1.29 is 26.4 Å². The predicted octanol–water partition coefficient (Wildman–Crippen LogP) is 4.70. The SMILES string of the molecule is O=C(CN(c1ccc(Cl)cc1)S(=O)(=O)c1ccccc1)N/N=C\c1ccccc1C(F)(F)F. The Hall–Kier alpha value is -3.37. The lowest BCUT2D eigenvalue weighted by Crippen LogP contribution is -2.39. The summed E-state index contributed by atoms with van der Waals surface area (Å²) in [6.07, 6.45) is -3.75. The van der Waals surface area contributed by atoms with Gasteiger partial charge in [-0.05, 0) is 42.5 Å². The van der Waals surface area contributed by atoms with E-state index in [1.165, 1.54) is 66.7 Å². The molecular formula is C22H17ClF3N3O3S. The first-order valence-corrected chi connectivity index (χ1v) is 11.2. The zero-order valence-electron chi connectivity index (χ0n) is 16.8. The first-order chi connectivity index (χ1) is 15.6. The lowest BCUT2D eigenvalue weighted by atomic mass is 10.1. The van der Waals surface area contributed by atoms with Gasteiger partial charge in [-0.1, -0.05) is 48.0 Å². The van der Waals surface area contributed by atoms with E-state index in [2.05, 4.69) is 10.5 Å². The molecule has 0 saturated heterocycles. The highest BCUT2D eigenvalue weighted by Crippen LogP contribution is 2.31. The van der Waals surface area contributed by atoms with Crippen molar-refractivity contribution in [1.29, 1.82) is 0 Å². The minimum Gasteiger partial charge on any atom is -0.271 e. The van der Waals surface area contributed by atoms with E-state index in [0.29, 0.717) is 5.02 Å². The number of hydrazone groups is 1. The fourth-order valence-corrected chi connectivity index (χ4v) is 4.42. The Kier molecular flexibility index (Phi) is 7.39. The zero-order valence-corrected chi connectivity index (χ0v) is 18.4. The summed E-state index contributed by atoms with van der Waals surface area (Å²) in [6.45, 7) is -0.670. The number of carbonyl (C=O) groups is 1. The summed E-state index contributed by atoms with van der Waals surface area (Å²) in [7, 11) is -4.14. The molecule has 0 aliphatic heterocycles. The largest absolute Gasteiger partial charge is 0.417 e. The fourth-order valence-electron chi connectivity index (χ4n) is 2.85. The maximum absolute atomic E-state index is 13.2. The third-order valence-electron chi connectivity index (χ3n) is 4.39. The van der Waals surface area contributed by atoms with E-state index in [9.17, 15) is 26.4 Å². The molecule has 0 saturated carbocycles. The van der Waals surface area contributed by atoms with Gasteiger partial charge in [0.1, 0.15) is 6.54 Å². The average Bonchev–Trinajstić information content (AvgIpc) is 2.78. The smallest absolute Gasteiger partial charge is 0.271 e. The van der Waals surface area contributed by atoms with Crippen LogP contribution in [0.1, 0.15) is 11.1 Å². The summed E-state index contributed by atoms with van der Waals surface area (Å²) in [4.78, 5) is 12.4. The van der Waals surface area contributed by atoms with Crippen LogP contribution < -0.4 is 9.73 Å². The van der Waals surface area contributed by atoms with E-state index in [1.54, 1.807) is 6.07 Å². The topological polar surface area (TPSA) is 78.8 Å². The molecule has 0 aliphatic carbocycles. The maximum Gasteiger partial charge on any atom is 0.417 e. The van der Waals surface area contributed by atoms with Crippen LogP contribution in [0.4, 0.5) is 18.9 Å². The number of nitrogens with one attached hydrogen (secondary N) is 1. The van der Waals surface area contributed by atoms with Crippen LogP contribution in [0.3, 0.4) is 0 Å². The van der Waals surface area contributed by atoms with Gasteiger partial charge in [-0.15, -0.1) is 0 Å². The third-order valence-corrected chi connectivity index (χ3v) is 6.43. The van der Waals surface area contributed by atoms with E-state index in [4.69, 9.17) is 11.6 Å². The molecule has 0 unspecified atom stereocenters. The highest BCUT2D eigenvalue weighted by Gasteiger charge is 2.32. The van der Waals surface area contributed by atoms with Crippen LogP contribution in [-0.4, -0.2) is 27.1 Å². The van der Waals surface area contributed by atoms with E-state index in [-0.39, 0.29) is 16.1 Å².